The van der Waals surface area contributed by atoms with E-state index in [2.05, 4.69) is 47.5 Å². The van der Waals surface area contributed by atoms with E-state index in [1.807, 2.05) is 30.3 Å². The quantitative estimate of drug-likeness (QED) is 0.404. The molecule has 1 amide bonds. The molecule has 0 saturated carbocycles. The van der Waals surface area contributed by atoms with E-state index in [9.17, 15) is 4.79 Å². The van der Waals surface area contributed by atoms with Crippen molar-refractivity contribution in [3.05, 3.63) is 65.5 Å². The van der Waals surface area contributed by atoms with Crippen molar-refractivity contribution in [1.82, 2.24) is 10.3 Å². The third-order valence-electron chi connectivity index (χ3n) is 5.13. The fraction of sp³-hybridized carbons (Fsp3) is 0.250. The van der Waals surface area contributed by atoms with E-state index in [1.54, 1.807) is 7.11 Å². The van der Waals surface area contributed by atoms with Crippen LogP contribution in [0.25, 0.3) is 21.1 Å². The lowest BCUT2D eigenvalue weighted by Crippen LogP contribution is -2.29. The van der Waals surface area contributed by atoms with Crippen LogP contribution in [0.15, 0.2) is 60.7 Å². The molecule has 2 aromatic heterocycles. The van der Waals surface area contributed by atoms with Crippen LogP contribution in [0, 0.1) is 0 Å². The van der Waals surface area contributed by atoms with E-state index in [0.717, 1.165) is 46.4 Å². The molecule has 0 radical (unpaired) electrons. The van der Waals surface area contributed by atoms with Crippen molar-refractivity contribution >= 4 is 44.1 Å². The lowest BCUT2D eigenvalue weighted by molar-refractivity contribution is 0.0957. The van der Waals surface area contributed by atoms with Crippen LogP contribution in [0.2, 0.25) is 0 Å². The molecule has 5 nitrogen and oxygen atoms in total. The van der Waals surface area contributed by atoms with Crippen LogP contribution in [-0.2, 0) is 0 Å². The molecule has 0 unspecified atom stereocenters. The molecule has 0 spiro atoms. The first-order valence-corrected chi connectivity index (χ1v) is 11.0. The predicted molar refractivity (Wildman–Crippen MR) is 125 cm³/mol. The van der Waals surface area contributed by atoms with Gasteiger partial charge in [0.05, 0.1) is 17.5 Å². The molecule has 0 bridgehead atoms. The number of fused-ring (bicyclic) bond motifs is 2. The summed E-state index contributed by atoms with van der Waals surface area (Å²) in [6, 6.07) is 20.2. The summed E-state index contributed by atoms with van der Waals surface area (Å²) in [5, 5.41) is 5.07. The molecular formula is C24H25N3O2S. The Bertz CT molecular complexity index is 1160. The molecule has 6 heteroatoms. The summed E-state index contributed by atoms with van der Waals surface area (Å²) in [5.41, 5.74) is 2.09. The predicted octanol–water partition coefficient (Wildman–Crippen LogP) is 5.10. The summed E-state index contributed by atoms with van der Waals surface area (Å²) >= 11 is 1.43. The number of nitrogens with zero attached hydrogens (tertiary/aromatic N) is 2. The number of rotatable bonds is 8. The highest BCUT2D eigenvalue weighted by Gasteiger charge is 2.12. The second kappa shape index (κ2) is 9.13. The number of methoxy groups -OCH3 is 1. The van der Waals surface area contributed by atoms with Crippen LogP contribution in [-0.4, -0.2) is 37.6 Å². The van der Waals surface area contributed by atoms with Crippen LogP contribution in [0.5, 0.6) is 5.75 Å². The van der Waals surface area contributed by atoms with Crippen molar-refractivity contribution in [2.24, 2.45) is 0 Å². The van der Waals surface area contributed by atoms with E-state index in [-0.39, 0.29) is 5.91 Å². The van der Waals surface area contributed by atoms with Gasteiger partial charge < -0.3 is 15.0 Å². The van der Waals surface area contributed by atoms with E-state index >= 15 is 0 Å². The van der Waals surface area contributed by atoms with Gasteiger partial charge in [0.2, 0.25) is 0 Å². The number of hydrogen-bond acceptors (Lipinski definition) is 5. The first-order chi connectivity index (χ1) is 14.7. The summed E-state index contributed by atoms with van der Waals surface area (Å²) in [6.07, 6.45) is 0.890. The third kappa shape index (κ3) is 4.39. The lowest BCUT2D eigenvalue weighted by Gasteiger charge is -2.23. The highest BCUT2D eigenvalue weighted by atomic mass is 32.1. The maximum Gasteiger partial charge on any atom is 0.261 e. The summed E-state index contributed by atoms with van der Waals surface area (Å²) in [5.74, 6) is 0.739. The Kier molecular flexibility index (Phi) is 6.14. The number of pyridine rings is 1. The monoisotopic (exact) mass is 419 g/mol. The van der Waals surface area contributed by atoms with E-state index in [4.69, 9.17) is 9.72 Å². The SMILES string of the molecule is CCN(CCCNC(=O)c1cc2cc3ccc(OC)cc3nc2s1)c1ccccc1. The van der Waals surface area contributed by atoms with E-state index in [1.165, 1.54) is 17.0 Å². The number of nitrogens with one attached hydrogen (secondary N) is 1. The maximum atomic E-state index is 12.6. The molecule has 2 aromatic carbocycles. The molecule has 0 aliphatic heterocycles. The molecule has 0 aliphatic carbocycles. The van der Waals surface area contributed by atoms with E-state index in [0.29, 0.717) is 11.4 Å². The molecule has 0 saturated heterocycles. The Labute approximate surface area is 180 Å². The van der Waals surface area contributed by atoms with Crippen molar-refractivity contribution in [3.8, 4) is 5.75 Å². The van der Waals surface area contributed by atoms with Crippen LogP contribution in [0.3, 0.4) is 0 Å². The molecule has 4 rings (SSSR count). The molecular weight excluding hydrogens is 394 g/mol. The Morgan fingerprint density at radius 3 is 2.70 bits per heavy atom. The number of ether oxygens (including phenoxy) is 1. The van der Waals surface area contributed by atoms with Gasteiger partial charge in [0.15, 0.2) is 0 Å². The van der Waals surface area contributed by atoms with Crippen molar-refractivity contribution in [2.45, 2.75) is 13.3 Å². The molecule has 4 aromatic rings. The first kappa shape index (κ1) is 20.2. The van der Waals surface area contributed by atoms with Gasteiger partial charge in [-0.25, -0.2) is 4.98 Å². The Morgan fingerprint density at radius 2 is 1.93 bits per heavy atom. The second-order valence-electron chi connectivity index (χ2n) is 7.08. The molecule has 0 fully saturated rings. The van der Waals surface area contributed by atoms with Gasteiger partial charge in [0.25, 0.3) is 5.91 Å². The van der Waals surface area contributed by atoms with Crippen LogP contribution in [0.4, 0.5) is 5.69 Å². The van der Waals surface area contributed by atoms with Gasteiger partial charge in [-0.1, -0.05) is 18.2 Å². The number of amides is 1. The smallest absolute Gasteiger partial charge is 0.261 e. The fourth-order valence-corrected chi connectivity index (χ4v) is 4.45. The minimum Gasteiger partial charge on any atom is -0.497 e. The molecule has 30 heavy (non-hydrogen) atoms. The van der Waals surface area contributed by atoms with Gasteiger partial charge in [0, 0.05) is 42.2 Å². The van der Waals surface area contributed by atoms with Gasteiger partial charge in [-0.05, 0) is 49.7 Å². The summed E-state index contributed by atoms with van der Waals surface area (Å²) < 4.78 is 5.28. The van der Waals surface area contributed by atoms with Crippen molar-refractivity contribution < 1.29 is 9.53 Å². The molecule has 2 heterocycles. The highest BCUT2D eigenvalue weighted by molar-refractivity contribution is 7.20. The largest absolute Gasteiger partial charge is 0.497 e. The summed E-state index contributed by atoms with van der Waals surface area (Å²) in [6.45, 7) is 4.64. The van der Waals surface area contributed by atoms with Crippen molar-refractivity contribution in [2.75, 3.05) is 31.6 Å². The molecule has 0 atom stereocenters. The normalized spacial score (nSPS) is 11.0. The molecule has 1 N–H and O–H groups in total. The van der Waals surface area contributed by atoms with Gasteiger partial charge >= 0.3 is 0 Å². The van der Waals surface area contributed by atoms with Crippen molar-refractivity contribution in [3.63, 3.8) is 0 Å². The Hall–Kier alpha value is -3.12. The van der Waals surface area contributed by atoms with Gasteiger partial charge in [-0.3, -0.25) is 4.79 Å². The first-order valence-electron chi connectivity index (χ1n) is 10.1. The lowest BCUT2D eigenvalue weighted by atomic mass is 10.2. The van der Waals surface area contributed by atoms with Crippen LogP contribution < -0.4 is 15.0 Å². The molecule has 0 aliphatic rings. The van der Waals surface area contributed by atoms with Crippen LogP contribution >= 0.6 is 11.3 Å². The zero-order valence-corrected chi connectivity index (χ0v) is 18.0. The van der Waals surface area contributed by atoms with Gasteiger partial charge in [-0.15, -0.1) is 11.3 Å². The standard InChI is InChI=1S/C24H25N3O2S/c1-3-27(19-8-5-4-6-9-19)13-7-12-25-23(28)22-15-18-14-17-10-11-20(29-2)16-21(17)26-24(18)30-22/h4-6,8-11,14-16H,3,7,12-13H2,1-2H3,(H,25,28). The number of benzene rings is 2. The number of aromatic nitrogens is 1. The fourth-order valence-electron chi connectivity index (χ4n) is 3.51. The Morgan fingerprint density at radius 1 is 1.10 bits per heavy atom. The Balaban J connectivity index is 1.39. The van der Waals surface area contributed by atoms with Crippen LogP contribution in [0.1, 0.15) is 23.0 Å². The minimum absolute atomic E-state index is 0.0394. The average Bonchev–Trinajstić information content (AvgIpc) is 3.20. The zero-order chi connectivity index (χ0) is 20.9. The zero-order valence-electron chi connectivity index (χ0n) is 17.2. The number of anilines is 1. The number of carbonyl (C=O) groups is 1. The minimum atomic E-state index is -0.0394. The third-order valence-corrected chi connectivity index (χ3v) is 6.17. The highest BCUT2D eigenvalue weighted by Crippen LogP contribution is 2.29. The number of thiophene rings is 1. The number of carbonyl (C=O) groups excluding carboxylic acids is 1. The number of para-hydroxylation sites is 1. The van der Waals surface area contributed by atoms with Crippen molar-refractivity contribution in [1.29, 1.82) is 0 Å². The molecule has 154 valence electrons. The summed E-state index contributed by atoms with van der Waals surface area (Å²) in [7, 11) is 1.65. The van der Waals surface area contributed by atoms with E-state index < -0.39 is 0 Å². The number of hydrogen-bond donors (Lipinski definition) is 1. The average molecular weight is 420 g/mol. The second-order valence-corrected chi connectivity index (χ2v) is 8.11. The van der Waals surface area contributed by atoms with Gasteiger partial charge in [-0.2, -0.15) is 0 Å². The van der Waals surface area contributed by atoms with Gasteiger partial charge in [0.1, 0.15) is 10.6 Å². The maximum absolute atomic E-state index is 12.6. The summed E-state index contributed by atoms with van der Waals surface area (Å²) in [4.78, 5) is 21.2. The topological polar surface area (TPSA) is 54.5 Å².